The fraction of sp³-hybridized carbons (Fsp3) is 0.0526. The molecule has 3 aromatic rings. The van der Waals surface area contributed by atoms with Gasteiger partial charge in [0.25, 0.3) is 0 Å². The molecule has 0 heterocycles. The molecule has 1 nitrogen and oxygen atoms in total. The van der Waals surface area contributed by atoms with Crippen molar-refractivity contribution in [3.8, 4) is 28.0 Å². The molecule has 0 aliphatic rings. The molecule has 98 valence electrons. The SMILES string of the molecule is Cc1ccc(-c2cc(-c3ccccc3)ccc2O)cc1. The highest BCUT2D eigenvalue weighted by molar-refractivity contribution is 5.77. The Morgan fingerprint density at radius 2 is 1.30 bits per heavy atom. The Labute approximate surface area is 119 Å². The normalized spacial score (nSPS) is 10.4. The lowest BCUT2D eigenvalue weighted by atomic mass is 9.98. The van der Waals surface area contributed by atoms with E-state index < -0.39 is 0 Å². The van der Waals surface area contributed by atoms with Gasteiger partial charge in [0.05, 0.1) is 0 Å². The lowest BCUT2D eigenvalue weighted by Gasteiger charge is -2.09. The van der Waals surface area contributed by atoms with Gasteiger partial charge in [0, 0.05) is 5.56 Å². The molecule has 3 rings (SSSR count). The summed E-state index contributed by atoms with van der Waals surface area (Å²) in [6.07, 6.45) is 0. The van der Waals surface area contributed by atoms with Crippen LogP contribution in [0.5, 0.6) is 5.75 Å². The molecule has 0 fully saturated rings. The minimum absolute atomic E-state index is 0.313. The lowest BCUT2D eigenvalue weighted by molar-refractivity contribution is 0.477. The largest absolute Gasteiger partial charge is 0.507 e. The Balaban J connectivity index is 2.10. The van der Waals surface area contributed by atoms with Crippen LogP contribution in [0.15, 0.2) is 72.8 Å². The lowest BCUT2D eigenvalue weighted by Crippen LogP contribution is -1.83. The van der Waals surface area contributed by atoms with Crippen molar-refractivity contribution in [3.05, 3.63) is 78.4 Å². The van der Waals surface area contributed by atoms with Crippen LogP contribution in [0, 0.1) is 6.92 Å². The molecule has 0 aliphatic carbocycles. The van der Waals surface area contributed by atoms with E-state index in [2.05, 4.69) is 31.2 Å². The quantitative estimate of drug-likeness (QED) is 0.684. The zero-order chi connectivity index (χ0) is 13.9. The van der Waals surface area contributed by atoms with Gasteiger partial charge >= 0.3 is 0 Å². The molecule has 0 saturated carbocycles. The van der Waals surface area contributed by atoms with Gasteiger partial charge in [0.1, 0.15) is 5.75 Å². The van der Waals surface area contributed by atoms with Crippen molar-refractivity contribution in [2.24, 2.45) is 0 Å². The van der Waals surface area contributed by atoms with Crippen molar-refractivity contribution in [3.63, 3.8) is 0 Å². The van der Waals surface area contributed by atoms with Crippen molar-refractivity contribution in [1.29, 1.82) is 0 Å². The van der Waals surface area contributed by atoms with Gasteiger partial charge in [-0.1, -0.05) is 66.2 Å². The van der Waals surface area contributed by atoms with Crippen molar-refractivity contribution in [2.75, 3.05) is 0 Å². The second-order valence-electron chi connectivity index (χ2n) is 4.96. The smallest absolute Gasteiger partial charge is 0.123 e. The van der Waals surface area contributed by atoms with Crippen LogP contribution in [0.4, 0.5) is 0 Å². The first-order valence-electron chi connectivity index (χ1n) is 6.69. The van der Waals surface area contributed by atoms with E-state index in [1.54, 1.807) is 6.07 Å². The van der Waals surface area contributed by atoms with Gasteiger partial charge in [0.15, 0.2) is 0 Å². The van der Waals surface area contributed by atoms with Gasteiger partial charge < -0.3 is 5.11 Å². The predicted octanol–water partition coefficient (Wildman–Crippen LogP) is 5.03. The highest BCUT2D eigenvalue weighted by Crippen LogP contribution is 2.33. The van der Waals surface area contributed by atoms with Crippen LogP contribution < -0.4 is 0 Å². The summed E-state index contributed by atoms with van der Waals surface area (Å²) in [7, 11) is 0. The highest BCUT2D eigenvalue weighted by atomic mass is 16.3. The second-order valence-corrected chi connectivity index (χ2v) is 4.96. The molecule has 0 spiro atoms. The van der Waals surface area contributed by atoms with E-state index in [1.807, 2.05) is 42.5 Å². The minimum Gasteiger partial charge on any atom is -0.507 e. The number of aryl methyl sites for hydroxylation is 1. The third-order valence-corrected chi connectivity index (χ3v) is 3.47. The Morgan fingerprint density at radius 1 is 0.650 bits per heavy atom. The third kappa shape index (κ3) is 2.43. The number of phenolic OH excluding ortho intramolecular Hbond substituents is 1. The Hall–Kier alpha value is -2.54. The molecular formula is C19H16O. The minimum atomic E-state index is 0.313. The molecule has 0 saturated heterocycles. The summed E-state index contributed by atoms with van der Waals surface area (Å²) in [6, 6.07) is 24.1. The molecular weight excluding hydrogens is 244 g/mol. The average molecular weight is 260 g/mol. The zero-order valence-corrected chi connectivity index (χ0v) is 11.4. The van der Waals surface area contributed by atoms with Crippen LogP contribution in [0.1, 0.15) is 5.56 Å². The van der Waals surface area contributed by atoms with Gasteiger partial charge in [-0.25, -0.2) is 0 Å². The maximum absolute atomic E-state index is 10.1. The summed E-state index contributed by atoms with van der Waals surface area (Å²) in [4.78, 5) is 0. The van der Waals surface area contributed by atoms with Gasteiger partial charge in [-0.3, -0.25) is 0 Å². The third-order valence-electron chi connectivity index (χ3n) is 3.47. The topological polar surface area (TPSA) is 20.2 Å². The van der Waals surface area contributed by atoms with Crippen LogP contribution in [-0.2, 0) is 0 Å². The van der Waals surface area contributed by atoms with Crippen LogP contribution in [0.25, 0.3) is 22.3 Å². The summed E-state index contributed by atoms with van der Waals surface area (Å²) >= 11 is 0. The van der Waals surface area contributed by atoms with E-state index >= 15 is 0 Å². The molecule has 0 aliphatic heterocycles. The van der Waals surface area contributed by atoms with Crippen molar-refractivity contribution in [2.45, 2.75) is 6.92 Å². The molecule has 0 radical (unpaired) electrons. The Bertz CT molecular complexity index is 713. The number of benzene rings is 3. The van der Waals surface area contributed by atoms with Crippen LogP contribution in [-0.4, -0.2) is 5.11 Å². The molecule has 0 atom stereocenters. The first kappa shape index (κ1) is 12.5. The Morgan fingerprint density at radius 3 is 2.00 bits per heavy atom. The first-order valence-corrected chi connectivity index (χ1v) is 6.69. The number of phenols is 1. The molecule has 0 amide bonds. The predicted molar refractivity (Wildman–Crippen MR) is 83.7 cm³/mol. The summed E-state index contributed by atoms with van der Waals surface area (Å²) in [5.41, 5.74) is 5.38. The molecule has 0 bridgehead atoms. The summed E-state index contributed by atoms with van der Waals surface area (Å²) in [5, 5.41) is 10.1. The zero-order valence-electron chi connectivity index (χ0n) is 11.4. The standard InChI is InChI=1S/C19H16O/c1-14-7-9-16(10-8-14)18-13-17(11-12-19(18)20)15-5-3-2-4-6-15/h2-13,20H,1H3. The van der Waals surface area contributed by atoms with Gasteiger partial charge in [-0.15, -0.1) is 0 Å². The monoisotopic (exact) mass is 260 g/mol. The maximum atomic E-state index is 10.1. The van der Waals surface area contributed by atoms with E-state index in [9.17, 15) is 5.11 Å². The van der Waals surface area contributed by atoms with Crippen LogP contribution in [0.3, 0.4) is 0 Å². The van der Waals surface area contributed by atoms with E-state index in [1.165, 1.54) is 5.56 Å². The maximum Gasteiger partial charge on any atom is 0.123 e. The van der Waals surface area contributed by atoms with Crippen molar-refractivity contribution in [1.82, 2.24) is 0 Å². The number of hydrogen-bond acceptors (Lipinski definition) is 1. The number of aromatic hydroxyl groups is 1. The summed E-state index contributed by atoms with van der Waals surface area (Å²) < 4.78 is 0. The molecule has 0 unspecified atom stereocenters. The first-order chi connectivity index (χ1) is 9.74. The van der Waals surface area contributed by atoms with Crippen molar-refractivity contribution >= 4 is 0 Å². The van der Waals surface area contributed by atoms with Crippen molar-refractivity contribution < 1.29 is 5.11 Å². The molecule has 3 aromatic carbocycles. The summed E-state index contributed by atoms with van der Waals surface area (Å²) in [5.74, 6) is 0.313. The van der Waals surface area contributed by atoms with E-state index in [0.717, 1.165) is 22.3 Å². The molecule has 0 aromatic heterocycles. The van der Waals surface area contributed by atoms with Gasteiger partial charge in [-0.2, -0.15) is 0 Å². The second kappa shape index (κ2) is 5.22. The average Bonchev–Trinajstić information content (AvgIpc) is 2.50. The van der Waals surface area contributed by atoms with E-state index in [0.29, 0.717) is 5.75 Å². The molecule has 1 heteroatoms. The van der Waals surface area contributed by atoms with Crippen LogP contribution in [0.2, 0.25) is 0 Å². The van der Waals surface area contributed by atoms with E-state index in [-0.39, 0.29) is 0 Å². The highest BCUT2D eigenvalue weighted by Gasteiger charge is 2.06. The van der Waals surface area contributed by atoms with Gasteiger partial charge in [0.2, 0.25) is 0 Å². The number of rotatable bonds is 2. The fourth-order valence-electron chi connectivity index (χ4n) is 2.31. The number of hydrogen-bond donors (Lipinski definition) is 1. The molecule has 1 N–H and O–H groups in total. The molecule has 20 heavy (non-hydrogen) atoms. The van der Waals surface area contributed by atoms with Gasteiger partial charge in [-0.05, 0) is 35.7 Å². The van der Waals surface area contributed by atoms with Crippen LogP contribution >= 0.6 is 0 Å². The summed E-state index contributed by atoms with van der Waals surface area (Å²) in [6.45, 7) is 2.06. The Kier molecular flexibility index (Phi) is 3.26. The van der Waals surface area contributed by atoms with E-state index in [4.69, 9.17) is 0 Å². The fourth-order valence-corrected chi connectivity index (χ4v) is 2.31.